The van der Waals surface area contributed by atoms with Crippen molar-refractivity contribution in [2.45, 2.75) is 70.1 Å². The maximum atomic E-state index is 14.3. The number of carboxylic acid groups (broad SMARTS) is 1. The summed E-state index contributed by atoms with van der Waals surface area (Å²) in [5, 5.41) is 12.4. The first-order valence-corrected chi connectivity index (χ1v) is 15.3. The highest BCUT2D eigenvalue weighted by Crippen LogP contribution is 2.45. The van der Waals surface area contributed by atoms with Gasteiger partial charge in [0.05, 0.1) is 13.1 Å². The van der Waals surface area contributed by atoms with Crippen molar-refractivity contribution in [3.05, 3.63) is 83.7 Å². The molecule has 47 heavy (non-hydrogen) atoms. The summed E-state index contributed by atoms with van der Waals surface area (Å²) in [6.07, 6.45) is -1.32. The molecule has 2 heterocycles. The zero-order valence-corrected chi connectivity index (χ0v) is 26.0. The number of carbonyl (C=O) groups excluding carboxylic acids is 4. The van der Waals surface area contributed by atoms with Crippen LogP contribution in [0.25, 0.3) is 0 Å². The van der Waals surface area contributed by atoms with Crippen molar-refractivity contribution in [1.82, 2.24) is 20.6 Å². The maximum absolute atomic E-state index is 14.3. The number of aliphatic carboxylic acids is 1. The lowest BCUT2D eigenvalue weighted by atomic mass is 10.0. The number of nitrogens with one attached hydrogen (secondary N) is 2. The van der Waals surface area contributed by atoms with Gasteiger partial charge in [0.25, 0.3) is 0 Å². The zero-order valence-electron chi connectivity index (χ0n) is 26.0. The second kappa shape index (κ2) is 13.8. The molecule has 1 saturated carbocycles. The predicted molar refractivity (Wildman–Crippen MR) is 162 cm³/mol. The molecule has 1 saturated heterocycles. The van der Waals surface area contributed by atoms with E-state index in [1.54, 1.807) is 50.2 Å². The minimum atomic E-state index is -1.56. The monoisotopic (exact) mass is 652 g/mol. The number of hydroxylamine groups is 1. The normalized spacial score (nSPS) is 23.4. The van der Waals surface area contributed by atoms with E-state index < -0.39 is 71.4 Å². The van der Waals surface area contributed by atoms with Crippen molar-refractivity contribution in [2.75, 3.05) is 6.54 Å². The van der Waals surface area contributed by atoms with E-state index in [9.17, 15) is 33.5 Å². The van der Waals surface area contributed by atoms with E-state index in [4.69, 9.17) is 14.3 Å². The molecular formula is C33H37FN4O9. The third kappa shape index (κ3) is 7.22. The number of likely N-dealkylation sites (tertiary alicyclic amines) is 1. The Bertz CT molecular complexity index is 1550. The van der Waals surface area contributed by atoms with Gasteiger partial charge in [0.1, 0.15) is 36.2 Å². The lowest BCUT2D eigenvalue weighted by Gasteiger charge is -2.30. The van der Waals surface area contributed by atoms with E-state index in [2.05, 4.69) is 17.4 Å². The summed E-state index contributed by atoms with van der Waals surface area (Å²) < 4.78 is 25.1. The van der Waals surface area contributed by atoms with Gasteiger partial charge < -0.3 is 29.6 Å². The number of amides is 3. The number of carboxylic acids is 1. The Balaban J connectivity index is 1.28. The number of fused-ring (bicyclic) bond motifs is 1. The molecule has 0 bridgehead atoms. The number of hydrogen-bond acceptors (Lipinski definition) is 9. The molecule has 250 valence electrons. The molecule has 0 radical (unpaired) electrons. The van der Waals surface area contributed by atoms with Crippen LogP contribution in [0.4, 0.5) is 14.0 Å². The fourth-order valence-electron chi connectivity index (χ4n) is 5.93. The van der Waals surface area contributed by atoms with Crippen LogP contribution in [0, 0.1) is 17.7 Å². The van der Waals surface area contributed by atoms with Gasteiger partial charge in [0.15, 0.2) is 0 Å². The summed E-state index contributed by atoms with van der Waals surface area (Å²) in [4.78, 5) is 72.6. The number of rotatable bonds is 11. The van der Waals surface area contributed by atoms with E-state index >= 15 is 0 Å². The predicted octanol–water partition coefficient (Wildman–Crippen LogP) is 3.28. The summed E-state index contributed by atoms with van der Waals surface area (Å²) in [7, 11) is 0. The molecule has 1 aliphatic carbocycles. The van der Waals surface area contributed by atoms with Crippen LogP contribution in [0.5, 0.6) is 0 Å². The smallest absolute Gasteiger partial charge is 0.479 e. The van der Waals surface area contributed by atoms with Crippen molar-refractivity contribution in [2.24, 2.45) is 11.8 Å². The summed E-state index contributed by atoms with van der Waals surface area (Å²) in [6.45, 7) is 6.89. The van der Waals surface area contributed by atoms with Crippen LogP contribution in [-0.2, 0) is 48.4 Å². The van der Waals surface area contributed by atoms with Crippen molar-refractivity contribution in [3.8, 4) is 0 Å². The van der Waals surface area contributed by atoms with E-state index in [0.29, 0.717) is 11.1 Å². The molecule has 3 N–H and O–H groups in total. The van der Waals surface area contributed by atoms with Gasteiger partial charge in [-0.15, -0.1) is 12.1 Å². The summed E-state index contributed by atoms with van der Waals surface area (Å²) >= 11 is 0. The molecule has 2 aromatic carbocycles. The van der Waals surface area contributed by atoms with Crippen LogP contribution in [0.3, 0.4) is 0 Å². The Morgan fingerprint density at radius 2 is 1.85 bits per heavy atom. The number of benzene rings is 2. The van der Waals surface area contributed by atoms with Crippen LogP contribution >= 0.6 is 0 Å². The highest BCUT2D eigenvalue weighted by molar-refractivity contribution is 5.95. The Kier molecular flexibility index (Phi) is 9.80. The van der Waals surface area contributed by atoms with Gasteiger partial charge in [0, 0.05) is 24.4 Å². The average molecular weight is 653 g/mol. The van der Waals surface area contributed by atoms with Crippen LogP contribution in [0.1, 0.15) is 43.4 Å². The molecular weight excluding hydrogens is 615 g/mol. The quantitative estimate of drug-likeness (QED) is 0.187. The molecule has 3 aliphatic rings. The van der Waals surface area contributed by atoms with E-state index in [1.165, 1.54) is 21.9 Å². The van der Waals surface area contributed by atoms with Gasteiger partial charge in [-0.3, -0.25) is 14.5 Å². The second-order valence-electron chi connectivity index (χ2n) is 12.3. The van der Waals surface area contributed by atoms with Gasteiger partial charge in [-0.2, -0.15) is 0 Å². The van der Waals surface area contributed by atoms with E-state index in [-0.39, 0.29) is 39.1 Å². The number of nitrogens with zero attached hydrogens (tertiary/aromatic N) is 2. The first-order chi connectivity index (χ1) is 22.4. The van der Waals surface area contributed by atoms with Gasteiger partial charge in [-0.1, -0.05) is 62.4 Å². The Hall–Kier alpha value is -4.98. The van der Waals surface area contributed by atoms with Gasteiger partial charge >= 0.3 is 18.2 Å². The maximum Gasteiger partial charge on any atom is 0.528 e. The van der Waals surface area contributed by atoms with Crippen LogP contribution < -0.4 is 10.8 Å². The highest BCUT2D eigenvalue weighted by atomic mass is 19.1. The molecule has 13 nitrogen and oxygen atoms in total. The van der Waals surface area contributed by atoms with E-state index in [1.807, 2.05) is 6.07 Å². The summed E-state index contributed by atoms with van der Waals surface area (Å²) in [6, 6.07) is 11.1. The summed E-state index contributed by atoms with van der Waals surface area (Å²) in [5.74, 6) is -4.02. The molecule has 5 rings (SSSR count). The molecule has 3 amide bonds. The first-order valence-electron chi connectivity index (χ1n) is 15.3. The minimum Gasteiger partial charge on any atom is -0.479 e. The molecule has 2 aromatic rings. The molecule has 14 heteroatoms. The van der Waals surface area contributed by atoms with Crippen LogP contribution in [0.15, 0.2) is 61.2 Å². The summed E-state index contributed by atoms with van der Waals surface area (Å²) in [5.41, 5.74) is 2.65. The van der Waals surface area contributed by atoms with Gasteiger partial charge in [-0.25, -0.2) is 18.8 Å². The van der Waals surface area contributed by atoms with Crippen molar-refractivity contribution >= 4 is 30.0 Å². The third-order valence-electron chi connectivity index (χ3n) is 8.73. The molecule has 0 spiro atoms. The fraction of sp³-hybridized carbons (Fsp3) is 0.424. The highest BCUT2D eigenvalue weighted by Gasteiger charge is 2.61. The van der Waals surface area contributed by atoms with Gasteiger partial charge in [0.2, 0.25) is 11.8 Å². The molecule has 2 aliphatic heterocycles. The van der Waals surface area contributed by atoms with Crippen molar-refractivity contribution in [1.29, 1.82) is 0 Å². The number of ether oxygens (including phenoxy) is 2. The first kappa shape index (κ1) is 33.4. The SMILES string of the molecule is C=C[C@@H]1CC1(NC(=O)[C@@H]1C[C@@H](OC(=O)N2Cc3cccc(F)c3C2)CN1C(=O)C(NOC(=O)OCc1ccccc1)C(C)C)C(=O)O. The topological polar surface area (TPSA) is 164 Å². The average Bonchev–Trinajstić information content (AvgIpc) is 3.35. The zero-order chi connectivity index (χ0) is 33.9. The molecule has 2 unspecified atom stereocenters. The lowest BCUT2D eigenvalue weighted by molar-refractivity contribution is -0.147. The molecule has 0 aromatic heterocycles. The van der Waals surface area contributed by atoms with Crippen molar-refractivity contribution < 1.29 is 47.8 Å². The fourth-order valence-corrected chi connectivity index (χ4v) is 5.93. The van der Waals surface area contributed by atoms with Crippen molar-refractivity contribution in [3.63, 3.8) is 0 Å². The number of carbonyl (C=O) groups is 5. The van der Waals surface area contributed by atoms with E-state index in [0.717, 1.165) is 5.56 Å². The lowest BCUT2D eigenvalue weighted by Crippen LogP contribution is -2.57. The standard InChI is InChI=1S/C33H37FN4O9/c1-4-22-14-33(22,30(41)42)35-28(39)26-13-23(46-31(43)37-15-21-11-8-12-25(34)24(21)17-37)16-38(26)29(40)27(19(2)3)36-47-32(44)45-18-20-9-6-5-7-10-20/h4-12,19,22-23,26-27,36H,1,13-18H2,2-3H3,(H,35,39)(H,41,42)/t22-,23-,26+,27?,33?/m1/s1. The third-order valence-corrected chi connectivity index (χ3v) is 8.73. The Morgan fingerprint density at radius 1 is 1.11 bits per heavy atom. The largest absolute Gasteiger partial charge is 0.528 e. The minimum absolute atomic E-state index is 0.00124. The number of hydrogen-bond donors (Lipinski definition) is 3. The van der Waals surface area contributed by atoms with Gasteiger partial charge in [-0.05, 0) is 29.5 Å². The Labute approximate surface area is 270 Å². The second-order valence-corrected chi connectivity index (χ2v) is 12.3. The molecule has 2 fully saturated rings. The number of halogens is 1. The van der Waals surface area contributed by atoms with Crippen LogP contribution in [-0.4, -0.2) is 75.2 Å². The Morgan fingerprint density at radius 3 is 2.49 bits per heavy atom. The molecule has 5 atom stereocenters. The van der Waals surface area contributed by atoms with Crippen LogP contribution in [0.2, 0.25) is 0 Å².